The van der Waals surface area contributed by atoms with Crippen LogP contribution in [-0.2, 0) is 18.5 Å². The predicted octanol–water partition coefficient (Wildman–Crippen LogP) is 4.31. The van der Waals surface area contributed by atoms with Crippen LogP contribution < -0.4 is 4.74 Å². The predicted molar refractivity (Wildman–Crippen MR) is 118 cm³/mol. The second-order valence-corrected chi connectivity index (χ2v) is 14.1. The Balaban J connectivity index is 1.61. The molecule has 0 aliphatic carbocycles. The molecule has 3 heterocycles. The molecule has 1 aromatic carbocycles. The minimum atomic E-state index is -1.09. The summed E-state index contributed by atoms with van der Waals surface area (Å²) in [4.78, 5) is 9.46. The molecule has 0 aliphatic heterocycles. The summed E-state index contributed by atoms with van der Waals surface area (Å²) in [5.74, 6) is 0.794. The molecule has 0 amide bonds. The highest BCUT2D eigenvalue weighted by Gasteiger charge is 2.15. The maximum Gasteiger partial charge on any atom is 0.160 e. The Hall–Kier alpha value is -2.71. The van der Waals surface area contributed by atoms with Crippen molar-refractivity contribution in [1.29, 1.82) is 0 Å². The summed E-state index contributed by atoms with van der Waals surface area (Å²) in [6.45, 7) is 8.33. The van der Waals surface area contributed by atoms with Gasteiger partial charge in [-0.1, -0.05) is 19.6 Å². The Morgan fingerprint density at radius 1 is 1.14 bits per heavy atom. The maximum atomic E-state index is 5.86. The Bertz CT molecular complexity index is 1160. The first kappa shape index (κ1) is 19.6. The van der Waals surface area contributed by atoms with Gasteiger partial charge in [0, 0.05) is 33.3 Å². The summed E-state index contributed by atoms with van der Waals surface area (Å²) in [5, 5.41) is 5.66. The van der Waals surface area contributed by atoms with E-state index in [0.717, 1.165) is 51.9 Å². The summed E-state index contributed by atoms with van der Waals surface area (Å²) in [6, 6.07) is 9.05. The summed E-state index contributed by atoms with van der Waals surface area (Å²) in [6.07, 6.45) is 3.75. The minimum absolute atomic E-state index is 0.492. The van der Waals surface area contributed by atoms with Crippen molar-refractivity contribution in [2.45, 2.75) is 32.4 Å². The number of benzene rings is 1. The molecule has 0 atom stereocenters. The Morgan fingerprint density at radius 3 is 2.72 bits per heavy atom. The number of hydrogen-bond donors (Lipinski definition) is 0. The molecule has 0 aliphatic rings. The summed E-state index contributed by atoms with van der Waals surface area (Å²) in [5.41, 5.74) is 4.22. The van der Waals surface area contributed by atoms with Gasteiger partial charge in [0.05, 0.1) is 18.8 Å². The Labute approximate surface area is 171 Å². The van der Waals surface area contributed by atoms with E-state index < -0.39 is 8.07 Å². The molecule has 0 unspecified atom stereocenters. The lowest BCUT2D eigenvalue weighted by Gasteiger charge is -2.15. The number of rotatable bonds is 7. The zero-order valence-electron chi connectivity index (χ0n) is 17.6. The molecular weight excluding hydrogens is 382 g/mol. The van der Waals surface area contributed by atoms with Crippen molar-refractivity contribution in [3.05, 3.63) is 36.7 Å². The second kappa shape index (κ2) is 7.60. The fraction of sp³-hybridized carbons (Fsp3) is 0.381. The van der Waals surface area contributed by atoms with E-state index in [1.54, 1.807) is 13.3 Å². The van der Waals surface area contributed by atoms with Crippen LogP contribution in [0.4, 0.5) is 0 Å². The van der Waals surface area contributed by atoms with E-state index in [2.05, 4.69) is 29.7 Å². The maximum absolute atomic E-state index is 5.86. The van der Waals surface area contributed by atoms with Crippen molar-refractivity contribution in [2.24, 2.45) is 7.05 Å². The van der Waals surface area contributed by atoms with Gasteiger partial charge in [0.1, 0.15) is 29.4 Å². The molecule has 4 aromatic rings. The minimum Gasteiger partial charge on any atom is -0.497 e. The zero-order chi connectivity index (χ0) is 20.6. The van der Waals surface area contributed by atoms with Crippen molar-refractivity contribution in [1.82, 2.24) is 24.3 Å². The lowest BCUT2D eigenvalue weighted by atomic mass is 10.1. The topological polar surface area (TPSA) is 67.0 Å². The third-order valence-corrected chi connectivity index (χ3v) is 6.69. The van der Waals surface area contributed by atoms with E-state index in [4.69, 9.17) is 14.5 Å². The van der Waals surface area contributed by atoms with Crippen LogP contribution in [0.2, 0.25) is 25.7 Å². The number of hydrogen-bond acceptors (Lipinski definition) is 5. The molecule has 0 saturated heterocycles. The Morgan fingerprint density at radius 2 is 1.97 bits per heavy atom. The number of ether oxygens (including phenoxy) is 2. The van der Waals surface area contributed by atoms with E-state index in [9.17, 15) is 0 Å². The van der Waals surface area contributed by atoms with Gasteiger partial charge >= 0.3 is 0 Å². The lowest BCUT2D eigenvalue weighted by molar-refractivity contribution is 0.0899. The van der Waals surface area contributed by atoms with Crippen LogP contribution in [0.25, 0.3) is 33.5 Å². The number of nitrogens with zero attached hydrogens (tertiary/aromatic N) is 5. The van der Waals surface area contributed by atoms with Gasteiger partial charge in [0.25, 0.3) is 0 Å². The summed E-state index contributed by atoms with van der Waals surface area (Å²) < 4.78 is 15.1. The molecule has 3 aromatic heterocycles. The third kappa shape index (κ3) is 4.04. The molecule has 0 spiro atoms. The van der Waals surface area contributed by atoms with Gasteiger partial charge in [-0.05, 0) is 30.3 Å². The molecule has 8 heteroatoms. The fourth-order valence-corrected chi connectivity index (χ4v) is 4.04. The molecule has 4 rings (SSSR count). The van der Waals surface area contributed by atoms with Gasteiger partial charge in [-0.15, -0.1) is 0 Å². The Kier molecular flexibility index (Phi) is 5.14. The van der Waals surface area contributed by atoms with Gasteiger partial charge in [0.15, 0.2) is 5.65 Å². The van der Waals surface area contributed by atoms with Crippen LogP contribution in [0.5, 0.6) is 5.75 Å². The van der Waals surface area contributed by atoms with Crippen molar-refractivity contribution in [3.8, 4) is 17.1 Å². The average molecular weight is 410 g/mol. The molecule has 0 fully saturated rings. The molecule has 0 N–H and O–H groups in total. The average Bonchev–Trinajstić information content (AvgIpc) is 3.24. The summed E-state index contributed by atoms with van der Waals surface area (Å²) >= 11 is 0. The van der Waals surface area contributed by atoms with E-state index in [0.29, 0.717) is 6.73 Å². The molecule has 0 bridgehead atoms. The van der Waals surface area contributed by atoms with Crippen LogP contribution in [-0.4, -0.2) is 46.1 Å². The molecular formula is C21H27N5O2Si. The normalized spacial score (nSPS) is 12.2. The van der Waals surface area contributed by atoms with Crippen molar-refractivity contribution in [3.63, 3.8) is 0 Å². The number of fused-ring (bicyclic) bond motifs is 2. The quantitative estimate of drug-likeness (QED) is 0.336. The van der Waals surface area contributed by atoms with Crippen LogP contribution in [0.15, 0.2) is 36.7 Å². The largest absolute Gasteiger partial charge is 0.497 e. The first-order chi connectivity index (χ1) is 13.9. The van der Waals surface area contributed by atoms with Crippen molar-refractivity contribution >= 4 is 30.1 Å². The number of aryl methyl sites for hydroxylation is 1. The molecule has 7 nitrogen and oxygen atoms in total. The molecule has 29 heavy (non-hydrogen) atoms. The van der Waals surface area contributed by atoms with Gasteiger partial charge < -0.3 is 14.0 Å². The monoisotopic (exact) mass is 409 g/mol. The highest BCUT2D eigenvalue weighted by atomic mass is 28.3. The van der Waals surface area contributed by atoms with Crippen LogP contribution in [0.3, 0.4) is 0 Å². The van der Waals surface area contributed by atoms with Gasteiger partial charge in [-0.25, -0.2) is 9.97 Å². The van der Waals surface area contributed by atoms with Gasteiger partial charge in [-0.3, -0.25) is 4.68 Å². The first-order valence-corrected chi connectivity index (χ1v) is 13.5. The van der Waals surface area contributed by atoms with Gasteiger partial charge in [0.2, 0.25) is 0 Å². The fourth-order valence-electron chi connectivity index (χ4n) is 3.28. The summed E-state index contributed by atoms with van der Waals surface area (Å²) in [7, 11) is 2.51. The molecule has 0 radical (unpaired) electrons. The van der Waals surface area contributed by atoms with Gasteiger partial charge in [-0.2, -0.15) is 5.10 Å². The highest BCUT2D eigenvalue weighted by Crippen LogP contribution is 2.30. The van der Waals surface area contributed by atoms with E-state index in [1.165, 1.54) is 0 Å². The number of methoxy groups -OCH3 is 1. The van der Waals surface area contributed by atoms with E-state index in [1.807, 2.05) is 46.8 Å². The van der Waals surface area contributed by atoms with Crippen molar-refractivity contribution < 1.29 is 9.47 Å². The SMILES string of the molecule is COc1ccc2c(c1)c(-c1cnc3c(ccn3COCC[Si](C)(C)C)n1)nn2C. The van der Waals surface area contributed by atoms with Crippen molar-refractivity contribution in [2.75, 3.05) is 13.7 Å². The molecule has 0 saturated carbocycles. The second-order valence-electron chi connectivity index (χ2n) is 8.45. The smallest absolute Gasteiger partial charge is 0.160 e. The lowest BCUT2D eigenvalue weighted by Crippen LogP contribution is -2.22. The van der Waals surface area contributed by atoms with Crippen LogP contribution >= 0.6 is 0 Å². The first-order valence-electron chi connectivity index (χ1n) is 9.76. The van der Waals surface area contributed by atoms with E-state index in [-0.39, 0.29) is 0 Å². The molecule has 152 valence electrons. The zero-order valence-corrected chi connectivity index (χ0v) is 18.6. The number of aromatic nitrogens is 5. The highest BCUT2D eigenvalue weighted by molar-refractivity contribution is 6.76. The van der Waals surface area contributed by atoms with Crippen LogP contribution in [0.1, 0.15) is 0 Å². The standard InChI is InChI=1S/C21H27N5O2Si/c1-25-19-7-6-15(27-2)12-16(19)20(24-25)18-13-22-21-17(23-18)8-9-26(21)14-28-10-11-29(3,4)5/h6-9,12-13H,10-11,14H2,1-5H3. The van der Waals surface area contributed by atoms with Crippen LogP contribution in [0, 0.1) is 0 Å². The third-order valence-electron chi connectivity index (χ3n) is 4.99. The van der Waals surface area contributed by atoms with E-state index >= 15 is 0 Å².